The van der Waals surface area contributed by atoms with Crippen LogP contribution in [0.15, 0.2) is 60.7 Å². The van der Waals surface area contributed by atoms with Gasteiger partial charge in [-0.25, -0.2) is 0 Å². The SMILES string of the molecule is Clc1ccc(/C=C/CNc2ccccc2)cc1. The highest BCUT2D eigenvalue weighted by Crippen LogP contribution is 2.10. The minimum absolute atomic E-state index is 0.768. The maximum atomic E-state index is 5.82. The molecule has 0 aliphatic heterocycles. The van der Waals surface area contributed by atoms with Crippen LogP contribution in [0.5, 0.6) is 0 Å². The Kier molecular flexibility index (Phi) is 4.23. The first-order valence-electron chi connectivity index (χ1n) is 5.55. The van der Waals surface area contributed by atoms with Gasteiger partial charge in [0, 0.05) is 17.3 Å². The second-order valence-corrected chi connectivity index (χ2v) is 4.14. The fourth-order valence-corrected chi connectivity index (χ4v) is 1.63. The summed E-state index contributed by atoms with van der Waals surface area (Å²) in [5, 5.41) is 4.08. The van der Waals surface area contributed by atoms with Crippen LogP contribution in [0, 0.1) is 0 Å². The lowest BCUT2D eigenvalue weighted by Crippen LogP contribution is -1.96. The zero-order valence-electron chi connectivity index (χ0n) is 9.44. The minimum atomic E-state index is 0.768. The Hall–Kier alpha value is -1.73. The normalized spacial score (nSPS) is 10.6. The number of para-hydroxylation sites is 1. The molecule has 0 aliphatic carbocycles. The molecule has 0 aromatic heterocycles. The summed E-state index contributed by atoms with van der Waals surface area (Å²) in [6, 6.07) is 17.9. The number of hydrogen-bond acceptors (Lipinski definition) is 1. The molecule has 86 valence electrons. The van der Waals surface area contributed by atoms with E-state index in [0.717, 1.165) is 22.8 Å². The first-order valence-corrected chi connectivity index (χ1v) is 5.93. The quantitative estimate of drug-likeness (QED) is 0.836. The van der Waals surface area contributed by atoms with Crippen LogP contribution in [0.3, 0.4) is 0 Å². The number of hydrogen-bond donors (Lipinski definition) is 1. The molecule has 0 aliphatic rings. The number of nitrogens with one attached hydrogen (secondary N) is 1. The Labute approximate surface area is 107 Å². The van der Waals surface area contributed by atoms with Crippen molar-refractivity contribution in [3.05, 3.63) is 71.3 Å². The Bertz CT molecular complexity index is 474. The molecule has 0 saturated heterocycles. The molecule has 0 spiro atoms. The molecule has 2 aromatic carbocycles. The molecule has 2 aromatic rings. The molecular weight excluding hydrogens is 230 g/mol. The molecule has 0 bridgehead atoms. The summed E-state index contributed by atoms with van der Waals surface area (Å²) < 4.78 is 0. The van der Waals surface area contributed by atoms with Gasteiger partial charge in [0.1, 0.15) is 0 Å². The number of rotatable bonds is 4. The monoisotopic (exact) mass is 243 g/mol. The van der Waals surface area contributed by atoms with E-state index in [2.05, 4.69) is 29.6 Å². The van der Waals surface area contributed by atoms with E-state index in [1.165, 1.54) is 0 Å². The number of halogens is 1. The van der Waals surface area contributed by atoms with Crippen molar-refractivity contribution >= 4 is 23.4 Å². The highest BCUT2D eigenvalue weighted by molar-refractivity contribution is 6.30. The summed E-state index contributed by atoms with van der Waals surface area (Å²) >= 11 is 5.82. The standard InChI is InChI=1S/C15H14ClN/c16-14-10-8-13(9-11-14)5-4-12-17-15-6-2-1-3-7-15/h1-11,17H,12H2/b5-4+. The highest BCUT2D eigenvalue weighted by Gasteiger charge is 1.88. The predicted octanol–water partition coefficient (Wildman–Crippen LogP) is 4.47. The van der Waals surface area contributed by atoms with Crippen LogP contribution in [0.4, 0.5) is 5.69 Å². The third-order valence-corrected chi connectivity index (χ3v) is 2.63. The summed E-state index contributed by atoms with van der Waals surface area (Å²) in [4.78, 5) is 0. The van der Waals surface area contributed by atoms with Gasteiger partial charge in [-0.2, -0.15) is 0 Å². The maximum absolute atomic E-state index is 5.82. The van der Waals surface area contributed by atoms with Crippen molar-refractivity contribution in [3.63, 3.8) is 0 Å². The summed E-state index contributed by atoms with van der Waals surface area (Å²) in [5.74, 6) is 0. The molecule has 17 heavy (non-hydrogen) atoms. The zero-order valence-corrected chi connectivity index (χ0v) is 10.2. The molecule has 2 heteroatoms. The fourth-order valence-electron chi connectivity index (χ4n) is 1.50. The fraction of sp³-hybridized carbons (Fsp3) is 0.0667. The van der Waals surface area contributed by atoms with Crippen molar-refractivity contribution in [3.8, 4) is 0 Å². The Morgan fingerprint density at radius 2 is 1.65 bits per heavy atom. The van der Waals surface area contributed by atoms with Crippen molar-refractivity contribution in [2.24, 2.45) is 0 Å². The van der Waals surface area contributed by atoms with E-state index in [1.54, 1.807) is 0 Å². The number of benzene rings is 2. The van der Waals surface area contributed by atoms with E-state index in [1.807, 2.05) is 42.5 Å². The summed E-state index contributed by atoms with van der Waals surface area (Å²) in [5.41, 5.74) is 2.29. The lowest BCUT2D eigenvalue weighted by atomic mass is 10.2. The third kappa shape index (κ3) is 3.97. The molecule has 0 heterocycles. The molecule has 2 rings (SSSR count). The molecule has 0 amide bonds. The van der Waals surface area contributed by atoms with Crippen molar-refractivity contribution in [1.29, 1.82) is 0 Å². The highest BCUT2D eigenvalue weighted by atomic mass is 35.5. The van der Waals surface area contributed by atoms with E-state index < -0.39 is 0 Å². The van der Waals surface area contributed by atoms with E-state index in [0.29, 0.717) is 0 Å². The lowest BCUT2D eigenvalue weighted by molar-refractivity contribution is 1.34. The molecule has 0 atom stereocenters. The van der Waals surface area contributed by atoms with E-state index >= 15 is 0 Å². The average molecular weight is 244 g/mol. The van der Waals surface area contributed by atoms with Gasteiger partial charge in [0.2, 0.25) is 0 Å². The molecule has 0 fully saturated rings. The van der Waals surface area contributed by atoms with Crippen molar-refractivity contribution in [2.45, 2.75) is 0 Å². The van der Waals surface area contributed by atoms with Crippen LogP contribution in [0.1, 0.15) is 5.56 Å². The van der Waals surface area contributed by atoms with Crippen molar-refractivity contribution in [2.75, 3.05) is 11.9 Å². The van der Waals surface area contributed by atoms with Crippen LogP contribution in [0.2, 0.25) is 5.02 Å². The first-order chi connectivity index (χ1) is 8.34. The summed E-state index contributed by atoms with van der Waals surface area (Å²) in [7, 11) is 0. The smallest absolute Gasteiger partial charge is 0.0406 e. The van der Waals surface area contributed by atoms with Crippen molar-refractivity contribution in [1.82, 2.24) is 0 Å². The average Bonchev–Trinajstić information content (AvgIpc) is 2.38. The van der Waals surface area contributed by atoms with Gasteiger partial charge in [0.05, 0.1) is 0 Å². The Morgan fingerprint density at radius 1 is 0.941 bits per heavy atom. The topological polar surface area (TPSA) is 12.0 Å². The van der Waals surface area contributed by atoms with Gasteiger partial charge in [0.15, 0.2) is 0 Å². The van der Waals surface area contributed by atoms with Crippen LogP contribution >= 0.6 is 11.6 Å². The van der Waals surface area contributed by atoms with Crippen molar-refractivity contribution < 1.29 is 0 Å². The first kappa shape index (κ1) is 11.7. The van der Waals surface area contributed by atoms with E-state index in [4.69, 9.17) is 11.6 Å². The molecule has 0 unspecified atom stereocenters. The second-order valence-electron chi connectivity index (χ2n) is 3.70. The van der Waals surface area contributed by atoms with Gasteiger partial charge in [-0.1, -0.05) is 54.1 Å². The Morgan fingerprint density at radius 3 is 2.35 bits per heavy atom. The molecular formula is C15H14ClN. The maximum Gasteiger partial charge on any atom is 0.0406 e. The molecule has 0 radical (unpaired) electrons. The van der Waals surface area contributed by atoms with Gasteiger partial charge in [-0.05, 0) is 29.8 Å². The minimum Gasteiger partial charge on any atom is -0.382 e. The molecule has 0 saturated carbocycles. The van der Waals surface area contributed by atoms with Crippen LogP contribution in [0.25, 0.3) is 6.08 Å². The van der Waals surface area contributed by atoms with Gasteiger partial charge in [-0.3, -0.25) is 0 Å². The summed E-state index contributed by atoms with van der Waals surface area (Å²) in [6.45, 7) is 0.812. The molecule has 1 nitrogen and oxygen atoms in total. The predicted molar refractivity (Wildman–Crippen MR) is 75.4 cm³/mol. The molecule has 1 N–H and O–H groups in total. The third-order valence-electron chi connectivity index (χ3n) is 2.38. The summed E-state index contributed by atoms with van der Waals surface area (Å²) in [6.07, 6.45) is 4.17. The number of anilines is 1. The van der Waals surface area contributed by atoms with Crippen LogP contribution in [-0.2, 0) is 0 Å². The van der Waals surface area contributed by atoms with Crippen LogP contribution in [-0.4, -0.2) is 6.54 Å². The Balaban J connectivity index is 1.84. The largest absolute Gasteiger partial charge is 0.382 e. The van der Waals surface area contributed by atoms with Gasteiger partial charge < -0.3 is 5.32 Å². The van der Waals surface area contributed by atoms with Gasteiger partial charge >= 0.3 is 0 Å². The zero-order chi connectivity index (χ0) is 11.9. The van der Waals surface area contributed by atoms with E-state index in [9.17, 15) is 0 Å². The second kappa shape index (κ2) is 6.12. The van der Waals surface area contributed by atoms with Gasteiger partial charge in [-0.15, -0.1) is 0 Å². The lowest BCUT2D eigenvalue weighted by Gasteiger charge is -2.01. The van der Waals surface area contributed by atoms with E-state index in [-0.39, 0.29) is 0 Å². The van der Waals surface area contributed by atoms with Crippen LogP contribution < -0.4 is 5.32 Å². The van der Waals surface area contributed by atoms with Gasteiger partial charge in [0.25, 0.3) is 0 Å².